The van der Waals surface area contributed by atoms with E-state index in [0.29, 0.717) is 11.5 Å². The van der Waals surface area contributed by atoms with Crippen LogP contribution in [0, 0.1) is 0 Å². The molecule has 9 heteroatoms. The number of ether oxygens (including phenoxy) is 6. The zero-order valence-electron chi connectivity index (χ0n) is 18.0. The average Bonchev–Trinajstić information content (AvgIpc) is 2.81. The highest BCUT2D eigenvalue weighted by Gasteiger charge is 2.47. The van der Waals surface area contributed by atoms with Crippen molar-refractivity contribution in [3.8, 4) is 11.5 Å². The van der Waals surface area contributed by atoms with E-state index in [4.69, 9.17) is 28.4 Å². The van der Waals surface area contributed by atoms with Crippen molar-refractivity contribution >= 4 is 6.16 Å². The number of aliphatic hydroxyl groups is 2. The van der Waals surface area contributed by atoms with E-state index in [9.17, 15) is 15.0 Å². The van der Waals surface area contributed by atoms with Gasteiger partial charge in [-0.25, -0.2) is 4.79 Å². The second-order valence-corrected chi connectivity index (χ2v) is 7.07. The minimum atomic E-state index is -1.30. The summed E-state index contributed by atoms with van der Waals surface area (Å²) in [7, 11) is 1.58. The highest BCUT2D eigenvalue weighted by atomic mass is 16.7. The van der Waals surface area contributed by atoms with Crippen LogP contribution in [0.2, 0.25) is 0 Å². The van der Waals surface area contributed by atoms with Gasteiger partial charge in [-0.15, -0.1) is 0 Å². The van der Waals surface area contributed by atoms with Crippen LogP contribution in [0.1, 0.15) is 12.5 Å². The Balaban J connectivity index is 1.71. The molecule has 3 rings (SSSR count). The van der Waals surface area contributed by atoms with Crippen molar-refractivity contribution in [3.63, 3.8) is 0 Å². The molecule has 0 unspecified atom stereocenters. The summed E-state index contributed by atoms with van der Waals surface area (Å²) in [6.45, 7) is 1.62. The first-order valence-electron chi connectivity index (χ1n) is 10.3. The zero-order chi connectivity index (χ0) is 22.9. The van der Waals surface area contributed by atoms with E-state index in [1.165, 1.54) is 0 Å². The minimum Gasteiger partial charge on any atom is -0.497 e. The van der Waals surface area contributed by atoms with E-state index < -0.39 is 36.9 Å². The van der Waals surface area contributed by atoms with Crippen LogP contribution in [0.25, 0.3) is 0 Å². The number of hydrogen-bond donors (Lipinski definition) is 2. The molecule has 174 valence electrons. The second-order valence-electron chi connectivity index (χ2n) is 7.07. The van der Waals surface area contributed by atoms with Crippen molar-refractivity contribution < 1.29 is 43.4 Å². The summed E-state index contributed by atoms with van der Waals surface area (Å²) in [6.07, 6.45) is -6.69. The van der Waals surface area contributed by atoms with Gasteiger partial charge in [-0.1, -0.05) is 30.3 Å². The zero-order valence-corrected chi connectivity index (χ0v) is 18.0. The van der Waals surface area contributed by atoms with E-state index in [-0.39, 0.29) is 19.8 Å². The maximum atomic E-state index is 11.6. The third-order valence-corrected chi connectivity index (χ3v) is 4.87. The summed E-state index contributed by atoms with van der Waals surface area (Å²) in [6, 6.07) is 16.0. The van der Waals surface area contributed by atoms with Gasteiger partial charge in [-0.05, 0) is 36.8 Å². The Morgan fingerprint density at radius 2 is 1.69 bits per heavy atom. The molecule has 0 radical (unpaired) electrons. The van der Waals surface area contributed by atoms with Crippen molar-refractivity contribution in [1.82, 2.24) is 0 Å². The number of aliphatic hydroxyl groups excluding tert-OH is 2. The molecule has 0 saturated carbocycles. The van der Waals surface area contributed by atoms with Crippen LogP contribution in [0.4, 0.5) is 4.79 Å². The standard InChI is InChI=1S/C23H28O9/c1-3-28-23(26)30-14-18-19(24)21(29-13-15-9-11-16(27-2)12-10-15)20(25)22(32-18)31-17-7-5-4-6-8-17/h4-12,18-22,24-25H,3,13-14H2,1-2H3/t18-,19-,20-,21+,22-/m1/s1. The van der Waals surface area contributed by atoms with Crippen molar-refractivity contribution in [3.05, 3.63) is 60.2 Å². The summed E-state index contributed by atoms with van der Waals surface area (Å²) < 4.78 is 32.2. The van der Waals surface area contributed by atoms with E-state index in [2.05, 4.69) is 0 Å². The fourth-order valence-electron chi connectivity index (χ4n) is 3.19. The smallest absolute Gasteiger partial charge is 0.497 e. The fourth-order valence-corrected chi connectivity index (χ4v) is 3.19. The molecule has 0 aromatic heterocycles. The van der Waals surface area contributed by atoms with E-state index in [1.54, 1.807) is 50.4 Å². The second kappa shape index (κ2) is 11.7. The molecule has 32 heavy (non-hydrogen) atoms. The van der Waals surface area contributed by atoms with Gasteiger partial charge in [0.05, 0.1) is 20.3 Å². The van der Waals surface area contributed by atoms with Gasteiger partial charge in [0.2, 0.25) is 6.29 Å². The highest BCUT2D eigenvalue weighted by Crippen LogP contribution is 2.27. The summed E-state index contributed by atoms with van der Waals surface area (Å²) in [4.78, 5) is 11.6. The largest absolute Gasteiger partial charge is 0.508 e. The van der Waals surface area contributed by atoms with Gasteiger partial charge in [0.1, 0.15) is 42.5 Å². The van der Waals surface area contributed by atoms with E-state index >= 15 is 0 Å². The lowest BCUT2D eigenvalue weighted by Gasteiger charge is -2.41. The third kappa shape index (κ3) is 6.33. The summed E-state index contributed by atoms with van der Waals surface area (Å²) in [5.41, 5.74) is 0.816. The number of para-hydroxylation sites is 1. The molecule has 1 heterocycles. The highest BCUT2D eigenvalue weighted by molar-refractivity contribution is 5.59. The van der Waals surface area contributed by atoms with Crippen LogP contribution in [0.15, 0.2) is 54.6 Å². The van der Waals surface area contributed by atoms with Crippen molar-refractivity contribution in [2.24, 2.45) is 0 Å². The molecule has 1 saturated heterocycles. The molecule has 0 spiro atoms. The van der Waals surface area contributed by atoms with Gasteiger partial charge >= 0.3 is 6.16 Å². The maximum absolute atomic E-state index is 11.6. The number of benzene rings is 2. The van der Waals surface area contributed by atoms with Crippen molar-refractivity contribution in [1.29, 1.82) is 0 Å². The van der Waals surface area contributed by atoms with Gasteiger partial charge in [-0.2, -0.15) is 0 Å². The molecule has 5 atom stereocenters. The SMILES string of the molecule is CCOC(=O)OC[C@H]1O[C@@H](Oc2ccccc2)[C@H](O)[C@@H](OCc2ccc(OC)cc2)[C@@H]1O. The third-order valence-electron chi connectivity index (χ3n) is 4.87. The van der Waals surface area contributed by atoms with E-state index in [1.807, 2.05) is 18.2 Å². The summed E-state index contributed by atoms with van der Waals surface area (Å²) >= 11 is 0. The summed E-state index contributed by atoms with van der Waals surface area (Å²) in [5, 5.41) is 21.6. The van der Waals surface area contributed by atoms with Gasteiger partial charge in [0.25, 0.3) is 0 Å². The Morgan fingerprint density at radius 3 is 2.34 bits per heavy atom. The molecule has 0 aliphatic carbocycles. The first-order chi connectivity index (χ1) is 15.5. The van der Waals surface area contributed by atoms with Gasteiger partial charge in [0, 0.05) is 0 Å². The lowest BCUT2D eigenvalue weighted by atomic mass is 9.99. The number of rotatable bonds is 9. The Hall–Kier alpha value is -2.85. The molecule has 2 aromatic carbocycles. The topological polar surface area (TPSA) is 113 Å². The molecular formula is C23H28O9. The maximum Gasteiger partial charge on any atom is 0.508 e. The first-order valence-corrected chi connectivity index (χ1v) is 10.3. The predicted octanol–water partition coefficient (Wildman–Crippen LogP) is 2.28. The molecular weight excluding hydrogens is 420 g/mol. The molecule has 1 fully saturated rings. The molecule has 1 aliphatic rings. The van der Waals surface area contributed by atoms with Gasteiger partial charge < -0.3 is 38.6 Å². The number of methoxy groups -OCH3 is 1. The monoisotopic (exact) mass is 448 g/mol. The van der Waals surface area contributed by atoms with Crippen LogP contribution >= 0.6 is 0 Å². The Labute approximate surface area is 186 Å². The van der Waals surface area contributed by atoms with Crippen LogP contribution in [0.5, 0.6) is 11.5 Å². The van der Waals surface area contributed by atoms with Crippen LogP contribution in [0.3, 0.4) is 0 Å². The quantitative estimate of drug-likeness (QED) is 0.558. The molecule has 2 N–H and O–H groups in total. The number of hydrogen-bond acceptors (Lipinski definition) is 9. The van der Waals surface area contributed by atoms with Crippen molar-refractivity contribution in [2.75, 3.05) is 20.3 Å². The number of carbonyl (C=O) groups is 1. The van der Waals surface area contributed by atoms with E-state index in [0.717, 1.165) is 5.56 Å². The van der Waals surface area contributed by atoms with Crippen LogP contribution in [-0.4, -0.2) is 67.4 Å². The normalized spacial score (nSPS) is 25.1. The van der Waals surface area contributed by atoms with Gasteiger partial charge in [-0.3, -0.25) is 0 Å². The molecule has 9 nitrogen and oxygen atoms in total. The Bertz CT molecular complexity index is 827. The van der Waals surface area contributed by atoms with Crippen molar-refractivity contribution in [2.45, 2.75) is 44.2 Å². The molecule has 0 amide bonds. The van der Waals surface area contributed by atoms with Crippen LogP contribution < -0.4 is 9.47 Å². The fraction of sp³-hybridized carbons (Fsp3) is 0.435. The Kier molecular flexibility index (Phi) is 8.69. The molecule has 1 aliphatic heterocycles. The summed E-state index contributed by atoms with van der Waals surface area (Å²) in [5.74, 6) is 1.17. The predicted molar refractivity (Wildman–Crippen MR) is 112 cm³/mol. The molecule has 0 bridgehead atoms. The average molecular weight is 448 g/mol. The first kappa shape index (κ1) is 23.8. The number of carbonyl (C=O) groups excluding carboxylic acids is 1. The minimum absolute atomic E-state index is 0.117. The van der Waals surface area contributed by atoms with Crippen LogP contribution in [-0.2, 0) is 25.6 Å². The molecule has 2 aromatic rings. The Morgan fingerprint density at radius 1 is 0.969 bits per heavy atom. The lowest BCUT2D eigenvalue weighted by molar-refractivity contribution is -0.288. The lowest BCUT2D eigenvalue weighted by Crippen LogP contribution is -2.61. The van der Waals surface area contributed by atoms with Gasteiger partial charge in [0.15, 0.2) is 0 Å².